The molecule has 192 valence electrons. The number of fused-ring (bicyclic) bond motifs is 1. The van der Waals surface area contributed by atoms with Crippen molar-refractivity contribution in [2.24, 2.45) is 0 Å². The number of benzene rings is 1. The van der Waals surface area contributed by atoms with E-state index >= 15 is 0 Å². The molecule has 7 nitrogen and oxygen atoms in total. The Balaban J connectivity index is 1.12. The lowest BCUT2D eigenvalue weighted by molar-refractivity contribution is -0.133. The Labute approximate surface area is 213 Å². The quantitative estimate of drug-likeness (QED) is 0.638. The summed E-state index contributed by atoms with van der Waals surface area (Å²) in [6, 6.07) is 8.93. The molecule has 2 aromatic rings. The number of likely N-dealkylation sites (tertiary alicyclic amines) is 1. The minimum Gasteiger partial charge on any atom is -0.372 e. The average Bonchev–Trinajstić information content (AvgIpc) is 3.52. The highest BCUT2D eigenvalue weighted by atomic mass is 16.5. The lowest BCUT2D eigenvalue weighted by Crippen LogP contribution is -2.48. The van der Waals surface area contributed by atoms with Gasteiger partial charge in [0.05, 0.1) is 12.2 Å². The van der Waals surface area contributed by atoms with E-state index in [-0.39, 0.29) is 30.6 Å². The molecule has 6 rings (SSSR count). The zero-order chi connectivity index (χ0) is 24.8. The molecule has 0 N–H and O–H groups in total. The summed E-state index contributed by atoms with van der Waals surface area (Å²) in [6.07, 6.45) is 7.48. The third-order valence-electron chi connectivity index (χ3n) is 8.50. The molecule has 3 fully saturated rings. The maximum absolute atomic E-state index is 13.4. The number of hydrogen-bond donors (Lipinski definition) is 0. The van der Waals surface area contributed by atoms with E-state index in [4.69, 9.17) is 9.84 Å². The van der Waals surface area contributed by atoms with Crippen LogP contribution in [0.4, 0.5) is 0 Å². The molecule has 0 spiro atoms. The molecule has 2 aliphatic carbocycles. The Morgan fingerprint density at radius 2 is 1.56 bits per heavy atom. The third kappa shape index (κ3) is 4.58. The second kappa shape index (κ2) is 9.66. The highest BCUT2D eigenvalue weighted by molar-refractivity contribution is 5.94. The first-order chi connectivity index (χ1) is 17.5. The molecule has 1 aromatic heterocycles. The molecule has 2 atom stereocenters. The van der Waals surface area contributed by atoms with Gasteiger partial charge in [0.1, 0.15) is 6.54 Å². The van der Waals surface area contributed by atoms with Crippen LogP contribution in [-0.2, 0) is 28.9 Å². The number of nitrogens with zero attached hydrogens (tertiary/aromatic N) is 4. The van der Waals surface area contributed by atoms with Crippen molar-refractivity contribution < 1.29 is 14.3 Å². The SMILES string of the molecule is C[C@@H]1CN(C(=O)c2nn(CC(=O)N3CCC(c4ccccc4C4CC4)CC3)c3c2CCC3)C[C@H](C)O1. The van der Waals surface area contributed by atoms with Gasteiger partial charge < -0.3 is 14.5 Å². The Morgan fingerprint density at radius 1 is 0.917 bits per heavy atom. The van der Waals surface area contributed by atoms with Crippen LogP contribution in [0.1, 0.15) is 90.7 Å². The maximum atomic E-state index is 13.4. The van der Waals surface area contributed by atoms with Crippen LogP contribution in [0.2, 0.25) is 0 Å². The zero-order valence-corrected chi connectivity index (χ0v) is 21.6. The minimum absolute atomic E-state index is 0.0171. The first kappa shape index (κ1) is 23.7. The van der Waals surface area contributed by atoms with Crippen molar-refractivity contribution in [1.29, 1.82) is 0 Å². The third-order valence-corrected chi connectivity index (χ3v) is 8.50. The van der Waals surface area contributed by atoms with Gasteiger partial charge in [-0.1, -0.05) is 24.3 Å². The Kier molecular flexibility index (Phi) is 6.36. The lowest BCUT2D eigenvalue weighted by atomic mass is 9.85. The van der Waals surface area contributed by atoms with E-state index in [1.807, 2.05) is 28.3 Å². The number of amides is 2. The standard InChI is InChI=1S/C29H38N4O3/c1-19-16-32(17-20(2)36-19)29(35)28-25-8-5-9-26(25)33(30-28)18-27(34)31-14-12-22(13-15-31)24-7-4-3-6-23(24)21-10-11-21/h3-4,6-7,19-22H,5,8-18H2,1-2H3/t19-,20+. The predicted molar refractivity (Wildman–Crippen MR) is 137 cm³/mol. The van der Waals surface area contributed by atoms with Crippen LogP contribution in [0.3, 0.4) is 0 Å². The molecule has 0 radical (unpaired) electrons. The first-order valence-corrected chi connectivity index (χ1v) is 13.9. The number of ether oxygens (including phenoxy) is 1. The van der Waals surface area contributed by atoms with Gasteiger partial charge in [0.2, 0.25) is 5.91 Å². The number of hydrogen-bond acceptors (Lipinski definition) is 4. The Bertz CT molecular complexity index is 1140. The number of rotatable bonds is 5. The maximum Gasteiger partial charge on any atom is 0.274 e. The van der Waals surface area contributed by atoms with E-state index < -0.39 is 0 Å². The summed E-state index contributed by atoms with van der Waals surface area (Å²) < 4.78 is 7.64. The fourth-order valence-electron chi connectivity index (χ4n) is 6.62. The highest BCUT2D eigenvalue weighted by Crippen LogP contribution is 2.44. The lowest BCUT2D eigenvalue weighted by Gasteiger charge is -2.35. The van der Waals surface area contributed by atoms with E-state index in [0.717, 1.165) is 62.4 Å². The van der Waals surface area contributed by atoms with Crippen LogP contribution in [0.5, 0.6) is 0 Å². The molecule has 0 unspecified atom stereocenters. The predicted octanol–water partition coefficient (Wildman–Crippen LogP) is 3.90. The molecule has 1 aromatic carbocycles. The van der Waals surface area contributed by atoms with Crippen molar-refractivity contribution in [3.8, 4) is 0 Å². The Morgan fingerprint density at radius 3 is 2.19 bits per heavy atom. The molecule has 2 aliphatic heterocycles. The van der Waals surface area contributed by atoms with Crippen molar-refractivity contribution in [2.75, 3.05) is 26.2 Å². The Hall–Kier alpha value is -2.67. The summed E-state index contributed by atoms with van der Waals surface area (Å²) in [6.45, 7) is 7.00. The van der Waals surface area contributed by atoms with Gasteiger partial charge in [0.25, 0.3) is 5.91 Å². The van der Waals surface area contributed by atoms with Gasteiger partial charge in [-0.3, -0.25) is 14.3 Å². The van der Waals surface area contributed by atoms with Crippen LogP contribution in [0.25, 0.3) is 0 Å². The van der Waals surface area contributed by atoms with Crippen molar-refractivity contribution in [2.45, 2.75) is 89.4 Å². The van der Waals surface area contributed by atoms with Crippen LogP contribution < -0.4 is 0 Å². The van der Waals surface area contributed by atoms with Crippen molar-refractivity contribution >= 4 is 11.8 Å². The molecule has 0 bridgehead atoms. The number of piperidine rings is 1. The molecule has 2 amide bonds. The monoisotopic (exact) mass is 490 g/mol. The fraction of sp³-hybridized carbons (Fsp3) is 0.621. The summed E-state index contributed by atoms with van der Waals surface area (Å²) in [5.41, 5.74) is 5.72. The van der Waals surface area contributed by atoms with Gasteiger partial charge >= 0.3 is 0 Å². The van der Waals surface area contributed by atoms with Gasteiger partial charge in [0.15, 0.2) is 5.69 Å². The second-order valence-electron chi connectivity index (χ2n) is 11.3. The summed E-state index contributed by atoms with van der Waals surface area (Å²) in [7, 11) is 0. The number of carbonyl (C=O) groups is 2. The molecule has 36 heavy (non-hydrogen) atoms. The molecule has 4 aliphatic rings. The first-order valence-electron chi connectivity index (χ1n) is 13.9. The van der Waals surface area contributed by atoms with Crippen molar-refractivity contribution in [3.63, 3.8) is 0 Å². The second-order valence-corrected chi connectivity index (χ2v) is 11.3. The van der Waals surface area contributed by atoms with E-state index in [0.29, 0.717) is 24.7 Å². The highest BCUT2D eigenvalue weighted by Gasteiger charge is 2.34. The van der Waals surface area contributed by atoms with Crippen LogP contribution in [0.15, 0.2) is 24.3 Å². The largest absolute Gasteiger partial charge is 0.372 e. The van der Waals surface area contributed by atoms with E-state index in [1.54, 1.807) is 0 Å². The summed E-state index contributed by atoms with van der Waals surface area (Å²) in [4.78, 5) is 30.6. The van der Waals surface area contributed by atoms with E-state index in [1.165, 1.54) is 24.0 Å². The van der Waals surface area contributed by atoms with Gasteiger partial charge in [-0.05, 0) is 81.8 Å². The molecule has 1 saturated carbocycles. The van der Waals surface area contributed by atoms with Crippen molar-refractivity contribution in [1.82, 2.24) is 19.6 Å². The van der Waals surface area contributed by atoms with E-state index in [2.05, 4.69) is 24.3 Å². The summed E-state index contributed by atoms with van der Waals surface area (Å²) >= 11 is 0. The summed E-state index contributed by atoms with van der Waals surface area (Å²) in [5.74, 6) is 1.40. The van der Waals surface area contributed by atoms with Crippen LogP contribution in [-0.4, -0.2) is 69.8 Å². The van der Waals surface area contributed by atoms with Crippen LogP contribution in [0, 0.1) is 0 Å². The molecule has 3 heterocycles. The number of aromatic nitrogens is 2. The molecular formula is C29H38N4O3. The minimum atomic E-state index is -0.0171. The van der Waals surface area contributed by atoms with Crippen molar-refractivity contribution in [3.05, 3.63) is 52.3 Å². The molecule has 7 heteroatoms. The smallest absolute Gasteiger partial charge is 0.274 e. The van der Waals surface area contributed by atoms with Crippen LogP contribution >= 0.6 is 0 Å². The fourth-order valence-corrected chi connectivity index (χ4v) is 6.62. The topological polar surface area (TPSA) is 67.7 Å². The van der Waals surface area contributed by atoms with Gasteiger partial charge in [-0.15, -0.1) is 0 Å². The zero-order valence-electron chi connectivity index (χ0n) is 21.6. The van der Waals surface area contributed by atoms with Gasteiger partial charge in [-0.25, -0.2) is 0 Å². The summed E-state index contributed by atoms with van der Waals surface area (Å²) in [5, 5.41) is 4.73. The van der Waals surface area contributed by atoms with E-state index in [9.17, 15) is 9.59 Å². The number of carbonyl (C=O) groups excluding carboxylic acids is 2. The average molecular weight is 491 g/mol. The molecular weight excluding hydrogens is 452 g/mol. The van der Waals surface area contributed by atoms with Gasteiger partial charge in [0, 0.05) is 37.4 Å². The number of morpholine rings is 1. The molecule has 2 saturated heterocycles. The van der Waals surface area contributed by atoms with Gasteiger partial charge in [-0.2, -0.15) is 5.10 Å². The normalized spacial score (nSPS) is 24.7.